The Labute approximate surface area is 136 Å². The van der Waals surface area contributed by atoms with Gasteiger partial charge in [0, 0.05) is 11.6 Å². The minimum absolute atomic E-state index is 0.0458. The number of rotatable bonds is 5. The first-order valence-corrected chi connectivity index (χ1v) is 8.09. The molecule has 0 spiro atoms. The quantitative estimate of drug-likeness (QED) is 0.723. The van der Waals surface area contributed by atoms with E-state index in [1.165, 1.54) is 17.4 Å². The lowest BCUT2D eigenvalue weighted by atomic mass is 10.0. The van der Waals surface area contributed by atoms with Gasteiger partial charge in [-0.3, -0.25) is 0 Å². The average molecular weight is 353 g/mol. The zero-order valence-corrected chi connectivity index (χ0v) is 13.8. The van der Waals surface area contributed by atoms with E-state index in [1.807, 2.05) is 19.1 Å². The van der Waals surface area contributed by atoms with Crippen LogP contribution in [-0.4, -0.2) is 6.54 Å². The summed E-state index contributed by atoms with van der Waals surface area (Å²) in [6.07, 6.45) is 0.553. The highest BCUT2D eigenvalue weighted by Gasteiger charge is 2.19. The van der Waals surface area contributed by atoms with Crippen LogP contribution in [0.25, 0.3) is 0 Å². The molecular formula is C14H13Cl3FNS. The maximum Gasteiger partial charge on any atom is 0.142 e. The fourth-order valence-electron chi connectivity index (χ4n) is 2.06. The molecule has 1 N–H and O–H groups in total. The molecule has 6 heteroatoms. The van der Waals surface area contributed by atoms with Gasteiger partial charge in [-0.1, -0.05) is 53.9 Å². The Morgan fingerprint density at radius 2 is 2.05 bits per heavy atom. The molecule has 0 radical (unpaired) electrons. The largest absolute Gasteiger partial charge is 0.310 e. The third-order valence-electron chi connectivity index (χ3n) is 2.96. The van der Waals surface area contributed by atoms with Gasteiger partial charge < -0.3 is 5.32 Å². The molecule has 0 aliphatic rings. The Balaban J connectivity index is 2.30. The molecule has 0 saturated heterocycles. The molecule has 1 unspecified atom stereocenters. The summed E-state index contributed by atoms with van der Waals surface area (Å²) >= 11 is 19.5. The van der Waals surface area contributed by atoms with Crippen molar-refractivity contribution in [2.75, 3.05) is 6.54 Å². The number of hydrogen-bond acceptors (Lipinski definition) is 2. The fourth-order valence-corrected chi connectivity index (χ4v) is 3.84. The Morgan fingerprint density at radius 3 is 2.65 bits per heavy atom. The van der Waals surface area contributed by atoms with Crippen LogP contribution in [0.2, 0.25) is 13.7 Å². The van der Waals surface area contributed by atoms with E-state index in [9.17, 15) is 4.39 Å². The normalized spacial score (nSPS) is 12.7. The summed E-state index contributed by atoms with van der Waals surface area (Å²) in [6.45, 7) is 2.77. The molecule has 1 aromatic heterocycles. The molecule has 1 aromatic carbocycles. The second-order valence-corrected chi connectivity index (χ2v) is 6.97. The Morgan fingerprint density at radius 1 is 1.30 bits per heavy atom. The van der Waals surface area contributed by atoms with Crippen LogP contribution in [0.4, 0.5) is 4.39 Å². The molecular weight excluding hydrogens is 340 g/mol. The second-order valence-electron chi connectivity index (χ2n) is 4.31. The van der Waals surface area contributed by atoms with E-state index in [-0.39, 0.29) is 11.1 Å². The standard InChI is InChI=1S/C14H13Cl3FNS/c1-2-19-11(9-7-12(15)20-14(9)17)6-8-4-3-5-10(18)13(8)16/h3-5,7,11,19H,2,6H2,1H3. The SMILES string of the molecule is CCNC(Cc1cccc(F)c1Cl)c1cc(Cl)sc1Cl. The van der Waals surface area contributed by atoms with Gasteiger partial charge in [0.05, 0.1) is 13.7 Å². The molecule has 0 amide bonds. The molecule has 1 atom stereocenters. The van der Waals surface area contributed by atoms with E-state index in [0.717, 1.165) is 17.7 Å². The molecule has 20 heavy (non-hydrogen) atoms. The van der Waals surface area contributed by atoms with Crippen LogP contribution >= 0.6 is 46.1 Å². The number of hydrogen-bond donors (Lipinski definition) is 1. The number of thiophene rings is 1. The van der Waals surface area contributed by atoms with Crippen molar-refractivity contribution in [3.8, 4) is 0 Å². The fraction of sp³-hybridized carbons (Fsp3) is 0.286. The zero-order chi connectivity index (χ0) is 14.7. The molecule has 0 aliphatic carbocycles. The van der Waals surface area contributed by atoms with Gasteiger partial charge in [-0.15, -0.1) is 11.3 Å². The maximum atomic E-state index is 13.5. The van der Waals surface area contributed by atoms with E-state index in [1.54, 1.807) is 6.07 Å². The van der Waals surface area contributed by atoms with Crippen molar-refractivity contribution in [2.24, 2.45) is 0 Å². The van der Waals surface area contributed by atoms with E-state index in [2.05, 4.69) is 5.32 Å². The highest BCUT2D eigenvalue weighted by Crippen LogP contribution is 2.37. The van der Waals surface area contributed by atoms with Crippen LogP contribution in [0.3, 0.4) is 0 Å². The van der Waals surface area contributed by atoms with Crippen LogP contribution in [0.1, 0.15) is 24.1 Å². The number of nitrogens with one attached hydrogen (secondary N) is 1. The van der Waals surface area contributed by atoms with Crippen LogP contribution in [0, 0.1) is 5.82 Å². The molecule has 0 aliphatic heterocycles. The second kappa shape index (κ2) is 7.10. The Kier molecular flexibility index (Phi) is 5.70. The van der Waals surface area contributed by atoms with Gasteiger partial charge in [-0.05, 0) is 30.7 Å². The van der Waals surface area contributed by atoms with E-state index in [0.29, 0.717) is 15.1 Å². The van der Waals surface area contributed by atoms with Gasteiger partial charge in [-0.25, -0.2) is 4.39 Å². The summed E-state index contributed by atoms with van der Waals surface area (Å²) in [6, 6.07) is 6.62. The topological polar surface area (TPSA) is 12.0 Å². The van der Waals surface area contributed by atoms with E-state index >= 15 is 0 Å². The van der Waals surface area contributed by atoms with Crippen molar-refractivity contribution in [1.29, 1.82) is 0 Å². The van der Waals surface area contributed by atoms with Gasteiger partial charge in [0.1, 0.15) is 5.82 Å². The van der Waals surface area contributed by atoms with Crippen molar-refractivity contribution in [2.45, 2.75) is 19.4 Å². The molecule has 2 aromatic rings. The molecule has 1 heterocycles. The first kappa shape index (κ1) is 16.1. The van der Waals surface area contributed by atoms with Gasteiger partial charge in [-0.2, -0.15) is 0 Å². The number of halogens is 4. The van der Waals surface area contributed by atoms with Crippen LogP contribution < -0.4 is 5.32 Å². The zero-order valence-electron chi connectivity index (χ0n) is 10.7. The summed E-state index contributed by atoms with van der Waals surface area (Å²) in [5.74, 6) is -0.408. The maximum absolute atomic E-state index is 13.5. The molecule has 108 valence electrons. The summed E-state index contributed by atoms with van der Waals surface area (Å²) in [4.78, 5) is 0. The number of benzene rings is 1. The summed E-state index contributed by atoms with van der Waals surface area (Å²) in [5.41, 5.74) is 1.67. The van der Waals surface area contributed by atoms with Crippen LogP contribution in [-0.2, 0) is 6.42 Å². The van der Waals surface area contributed by atoms with E-state index in [4.69, 9.17) is 34.8 Å². The molecule has 2 rings (SSSR count). The third kappa shape index (κ3) is 3.66. The minimum Gasteiger partial charge on any atom is -0.310 e. The molecule has 0 saturated carbocycles. The molecule has 0 fully saturated rings. The van der Waals surface area contributed by atoms with E-state index < -0.39 is 5.82 Å². The average Bonchev–Trinajstić information content (AvgIpc) is 2.73. The van der Waals surface area contributed by atoms with Gasteiger partial charge in [0.25, 0.3) is 0 Å². The third-order valence-corrected chi connectivity index (χ3v) is 4.91. The predicted molar refractivity (Wildman–Crippen MR) is 85.9 cm³/mol. The van der Waals surface area contributed by atoms with Gasteiger partial charge in [0.15, 0.2) is 0 Å². The van der Waals surface area contributed by atoms with Gasteiger partial charge >= 0.3 is 0 Å². The first-order valence-electron chi connectivity index (χ1n) is 6.14. The monoisotopic (exact) mass is 351 g/mol. The van der Waals surface area contributed by atoms with Crippen LogP contribution in [0.5, 0.6) is 0 Å². The predicted octanol–water partition coefficient (Wildman–Crippen LogP) is 5.74. The summed E-state index contributed by atoms with van der Waals surface area (Å²) in [7, 11) is 0. The molecule has 0 bridgehead atoms. The Bertz CT molecular complexity index is 600. The summed E-state index contributed by atoms with van der Waals surface area (Å²) < 4.78 is 14.8. The minimum atomic E-state index is -0.408. The smallest absolute Gasteiger partial charge is 0.142 e. The summed E-state index contributed by atoms with van der Waals surface area (Å²) in [5, 5.41) is 3.49. The lowest BCUT2D eigenvalue weighted by Crippen LogP contribution is -2.23. The lowest BCUT2D eigenvalue weighted by molar-refractivity contribution is 0.548. The lowest BCUT2D eigenvalue weighted by Gasteiger charge is -2.18. The van der Waals surface area contributed by atoms with Gasteiger partial charge in [0.2, 0.25) is 0 Å². The highest BCUT2D eigenvalue weighted by molar-refractivity contribution is 7.20. The van der Waals surface area contributed by atoms with Crippen LogP contribution in [0.15, 0.2) is 24.3 Å². The highest BCUT2D eigenvalue weighted by atomic mass is 35.5. The Hall–Kier alpha value is -0.320. The van der Waals surface area contributed by atoms with Crippen molar-refractivity contribution >= 4 is 46.1 Å². The van der Waals surface area contributed by atoms with Crippen molar-refractivity contribution in [1.82, 2.24) is 5.32 Å². The number of likely N-dealkylation sites (N-methyl/N-ethyl adjacent to an activating group) is 1. The first-order chi connectivity index (χ1) is 9.52. The van der Waals surface area contributed by atoms with Crippen molar-refractivity contribution < 1.29 is 4.39 Å². The molecule has 1 nitrogen and oxygen atoms in total. The van der Waals surface area contributed by atoms with Crippen molar-refractivity contribution in [3.63, 3.8) is 0 Å². The van der Waals surface area contributed by atoms with Crippen molar-refractivity contribution in [3.05, 3.63) is 54.9 Å².